The first-order chi connectivity index (χ1) is 14.4. The number of aromatic nitrogens is 4. The number of hydrogen-bond acceptors (Lipinski definition) is 7. The zero-order valence-electron chi connectivity index (χ0n) is 15.1. The van der Waals surface area contributed by atoms with E-state index < -0.39 is 12.7 Å². The van der Waals surface area contributed by atoms with E-state index >= 15 is 0 Å². The Balaban J connectivity index is 0.000000806. The molecule has 0 atom stereocenters. The number of H-pyrrole nitrogens is 1. The number of hydrogen-bond donors (Lipinski definition) is 4. The van der Waals surface area contributed by atoms with Gasteiger partial charge in [-0.1, -0.05) is 0 Å². The third kappa shape index (κ3) is 5.25. The number of rotatable bonds is 5. The second kappa shape index (κ2) is 8.94. The van der Waals surface area contributed by atoms with Gasteiger partial charge in [0.1, 0.15) is 18.0 Å². The van der Waals surface area contributed by atoms with Crippen LogP contribution in [-0.2, 0) is 4.79 Å². The largest absolute Gasteiger partial charge is 0.483 e. The third-order valence-electron chi connectivity index (χ3n) is 3.73. The molecule has 0 amide bonds. The van der Waals surface area contributed by atoms with Crippen molar-refractivity contribution in [3.05, 3.63) is 49.1 Å². The number of fused-ring (bicyclic) bond motifs is 1. The Morgan fingerprint density at radius 3 is 2.53 bits per heavy atom. The lowest BCUT2D eigenvalue weighted by atomic mass is 10.2. The van der Waals surface area contributed by atoms with Crippen LogP contribution in [0.25, 0.3) is 22.4 Å². The van der Waals surface area contributed by atoms with Crippen molar-refractivity contribution < 1.29 is 27.5 Å². The highest BCUT2D eigenvalue weighted by atomic mass is 19.4. The summed E-state index contributed by atoms with van der Waals surface area (Å²) in [5.41, 5.74) is 1.94. The van der Waals surface area contributed by atoms with Gasteiger partial charge in [-0.15, -0.1) is 0 Å². The van der Waals surface area contributed by atoms with Crippen LogP contribution in [0.3, 0.4) is 0 Å². The lowest BCUT2D eigenvalue weighted by Gasteiger charge is -2.12. The molecule has 30 heavy (non-hydrogen) atoms. The molecule has 4 aromatic rings. The average molecular weight is 420 g/mol. The molecule has 0 spiro atoms. The van der Waals surface area contributed by atoms with Crippen molar-refractivity contribution in [3.63, 3.8) is 0 Å². The first-order valence-corrected chi connectivity index (χ1v) is 8.39. The van der Waals surface area contributed by atoms with Crippen LogP contribution in [0.1, 0.15) is 0 Å². The van der Waals surface area contributed by atoms with E-state index in [-0.39, 0.29) is 18.2 Å². The normalized spacial score (nSPS) is 10.9. The van der Waals surface area contributed by atoms with Gasteiger partial charge >= 0.3 is 6.18 Å². The van der Waals surface area contributed by atoms with Crippen LogP contribution in [0.2, 0.25) is 0 Å². The number of anilines is 3. The molecule has 0 radical (unpaired) electrons. The van der Waals surface area contributed by atoms with Crippen molar-refractivity contribution >= 4 is 35.0 Å². The van der Waals surface area contributed by atoms with Crippen molar-refractivity contribution in [2.24, 2.45) is 0 Å². The molecule has 1 aromatic carbocycles. The Morgan fingerprint density at radius 2 is 1.90 bits per heavy atom. The van der Waals surface area contributed by atoms with Gasteiger partial charge in [0.2, 0.25) is 5.95 Å². The molecule has 9 nitrogen and oxygen atoms in total. The molecule has 12 heteroatoms. The van der Waals surface area contributed by atoms with Crippen LogP contribution in [0.15, 0.2) is 53.5 Å². The number of alkyl halides is 3. The summed E-state index contributed by atoms with van der Waals surface area (Å²) >= 11 is 0. The first-order valence-electron chi connectivity index (χ1n) is 8.39. The monoisotopic (exact) mass is 420 g/mol. The molecule has 3 heterocycles. The molecule has 156 valence electrons. The SMILES string of the molecule is FC(F)(F)CNc1nc(Nc2ccc(-c3cnco3)cc2)nc2[nH]ccc12.O=CO. The van der Waals surface area contributed by atoms with Crippen molar-refractivity contribution in [3.8, 4) is 11.3 Å². The molecule has 0 fully saturated rings. The fourth-order valence-electron chi connectivity index (χ4n) is 2.52. The van der Waals surface area contributed by atoms with Gasteiger partial charge in [0.25, 0.3) is 6.47 Å². The Morgan fingerprint density at radius 1 is 1.17 bits per heavy atom. The summed E-state index contributed by atoms with van der Waals surface area (Å²) in [4.78, 5) is 23.5. The quantitative estimate of drug-likeness (QED) is 0.356. The van der Waals surface area contributed by atoms with Gasteiger partial charge in [-0.05, 0) is 30.3 Å². The number of carboxylic acid groups (broad SMARTS) is 1. The Kier molecular flexibility index (Phi) is 6.15. The minimum Gasteiger partial charge on any atom is -0.483 e. The molecule has 0 aliphatic rings. The van der Waals surface area contributed by atoms with Crippen LogP contribution >= 0.6 is 0 Å². The predicted molar refractivity (Wildman–Crippen MR) is 102 cm³/mol. The van der Waals surface area contributed by atoms with Crippen LogP contribution < -0.4 is 10.6 Å². The standard InChI is InChI=1S/C17H13F3N6O.CH2O2/c18-17(19,20)8-23-15-12-5-6-22-14(12)25-16(26-15)24-11-3-1-10(2-4-11)13-7-21-9-27-13;2-1-3/h1-7,9H,8H2,(H3,22,23,24,25,26);1H,(H,2,3). The summed E-state index contributed by atoms with van der Waals surface area (Å²) in [7, 11) is 0. The van der Waals surface area contributed by atoms with Gasteiger partial charge in [-0.25, -0.2) is 4.98 Å². The van der Waals surface area contributed by atoms with Crippen molar-refractivity contribution in [1.82, 2.24) is 19.9 Å². The van der Waals surface area contributed by atoms with E-state index in [2.05, 4.69) is 30.6 Å². The van der Waals surface area contributed by atoms with Crippen LogP contribution in [-0.4, -0.2) is 44.2 Å². The highest BCUT2D eigenvalue weighted by Gasteiger charge is 2.27. The average Bonchev–Trinajstić information content (AvgIpc) is 3.39. The highest BCUT2D eigenvalue weighted by Crippen LogP contribution is 2.26. The molecule has 0 bridgehead atoms. The molecule has 0 aliphatic carbocycles. The second-order valence-corrected chi connectivity index (χ2v) is 5.78. The predicted octanol–water partition coefficient (Wildman–Crippen LogP) is 4.03. The minimum absolute atomic E-state index is 0.0966. The molecule has 3 aromatic heterocycles. The fraction of sp³-hybridized carbons (Fsp3) is 0.111. The summed E-state index contributed by atoms with van der Waals surface area (Å²) in [5.74, 6) is 0.894. The maximum absolute atomic E-state index is 12.5. The lowest BCUT2D eigenvalue weighted by Crippen LogP contribution is -2.22. The molecular weight excluding hydrogens is 405 g/mol. The van der Waals surface area contributed by atoms with Gasteiger partial charge < -0.3 is 25.1 Å². The zero-order chi connectivity index (χ0) is 21.6. The van der Waals surface area contributed by atoms with E-state index in [0.29, 0.717) is 22.5 Å². The van der Waals surface area contributed by atoms with Crippen LogP contribution in [0, 0.1) is 0 Å². The van der Waals surface area contributed by atoms with E-state index in [1.807, 2.05) is 12.1 Å². The Labute approximate surface area is 167 Å². The molecule has 4 N–H and O–H groups in total. The van der Waals surface area contributed by atoms with Gasteiger partial charge in [0.05, 0.1) is 11.6 Å². The van der Waals surface area contributed by atoms with Gasteiger partial charge in [0.15, 0.2) is 12.2 Å². The number of nitrogens with one attached hydrogen (secondary N) is 3. The highest BCUT2D eigenvalue weighted by molar-refractivity contribution is 5.88. The second-order valence-electron chi connectivity index (χ2n) is 5.78. The van der Waals surface area contributed by atoms with E-state index in [4.69, 9.17) is 14.3 Å². The first kappa shape index (κ1) is 20.6. The maximum Gasteiger partial charge on any atom is 0.405 e. The van der Waals surface area contributed by atoms with Gasteiger partial charge in [-0.3, -0.25) is 4.79 Å². The Hall–Kier alpha value is -4.09. The smallest absolute Gasteiger partial charge is 0.405 e. The number of halogens is 3. The van der Waals surface area contributed by atoms with Crippen LogP contribution in [0.4, 0.5) is 30.6 Å². The van der Waals surface area contributed by atoms with Gasteiger partial charge in [0, 0.05) is 17.4 Å². The number of nitrogens with zero attached hydrogens (tertiary/aromatic N) is 3. The van der Waals surface area contributed by atoms with E-state index in [1.54, 1.807) is 30.6 Å². The third-order valence-corrected chi connectivity index (χ3v) is 3.73. The topological polar surface area (TPSA) is 129 Å². The molecule has 0 unspecified atom stereocenters. The molecule has 0 saturated heterocycles. The lowest BCUT2D eigenvalue weighted by molar-refractivity contribution is -0.123. The van der Waals surface area contributed by atoms with E-state index in [0.717, 1.165) is 5.56 Å². The molecular formula is C18H15F3N6O3. The van der Waals surface area contributed by atoms with E-state index in [9.17, 15) is 13.2 Å². The summed E-state index contributed by atoms with van der Waals surface area (Å²) in [5, 5.41) is 12.7. The summed E-state index contributed by atoms with van der Waals surface area (Å²) in [6, 6.07) is 8.81. The van der Waals surface area contributed by atoms with E-state index in [1.165, 1.54) is 6.39 Å². The van der Waals surface area contributed by atoms with Gasteiger partial charge in [-0.2, -0.15) is 23.1 Å². The zero-order valence-corrected chi connectivity index (χ0v) is 15.1. The number of aromatic amines is 1. The molecule has 0 saturated carbocycles. The fourth-order valence-corrected chi connectivity index (χ4v) is 2.52. The summed E-state index contributed by atoms with van der Waals surface area (Å²) < 4.78 is 42.8. The minimum atomic E-state index is -4.35. The summed E-state index contributed by atoms with van der Waals surface area (Å²) in [6.07, 6.45) is 0.186. The number of oxazole rings is 1. The van der Waals surface area contributed by atoms with Crippen molar-refractivity contribution in [1.29, 1.82) is 0 Å². The molecule has 4 rings (SSSR count). The number of carbonyl (C=O) groups is 1. The van der Waals surface area contributed by atoms with Crippen LogP contribution in [0.5, 0.6) is 0 Å². The summed E-state index contributed by atoms with van der Waals surface area (Å²) in [6.45, 7) is -1.43. The Bertz CT molecular complexity index is 1090. The van der Waals surface area contributed by atoms with Crippen molar-refractivity contribution in [2.45, 2.75) is 6.18 Å². The maximum atomic E-state index is 12.5. The molecule has 0 aliphatic heterocycles. The number of benzene rings is 1. The van der Waals surface area contributed by atoms with Crippen molar-refractivity contribution in [2.75, 3.05) is 17.2 Å².